The highest BCUT2D eigenvalue weighted by molar-refractivity contribution is 5.24. The second-order valence-electron chi connectivity index (χ2n) is 5.44. The molecule has 1 aromatic rings. The zero-order chi connectivity index (χ0) is 12.3. The molecule has 0 saturated carbocycles. The Balaban J connectivity index is 1.82. The maximum absolute atomic E-state index is 3.32. The van der Waals surface area contributed by atoms with Gasteiger partial charge in [0.2, 0.25) is 0 Å². The predicted octanol–water partition coefficient (Wildman–Crippen LogP) is 2.26. The molecular formula is C15H24N2. The third kappa shape index (κ3) is 3.30. The Bertz CT molecular complexity index is 338. The molecule has 94 valence electrons. The molecule has 1 fully saturated rings. The smallest absolute Gasteiger partial charge is 0.0342 e. The molecule has 1 aromatic carbocycles. The lowest BCUT2D eigenvalue weighted by Crippen LogP contribution is -2.56. The van der Waals surface area contributed by atoms with Gasteiger partial charge in [-0.3, -0.25) is 0 Å². The van der Waals surface area contributed by atoms with Crippen molar-refractivity contribution in [3.8, 4) is 0 Å². The van der Waals surface area contributed by atoms with Crippen LogP contribution < -0.4 is 5.32 Å². The van der Waals surface area contributed by atoms with E-state index >= 15 is 0 Å². The van der Waals surface area contributed by atoms with E-state index in [1.807, 2.05) is 0 Å². The summed E-state index contributed by atoms with van der Waals surface area (Å²) < 4.78 is 0. The topological polar surface area (TPSA) is 15.3 Å². The van der Waals surface area contributed by atoms with Crippen molar-refractivity contribution in [3.63, 3.8) is 0 Å². The number of hydrogen-bond donors (Lipinski definition) is 1. The van der Waals surface area contributed by atoms with Crippen molar-refractivity contribution < 1.29 is 0 Å². The summed E-state index contributed by atoms with van der Waals surface area (Å²) >= 11 is 0. The lowest BCUT2D eigenvalue weighted by molar-refractivity contribution is 0.182. The van der Waals surface area contributed by atoms with Crippen molar-refractivity contribution in [2.24, 2.45) is 0 Å². The van der Waals surface area contributed by atoms with Crippen molar-refractivity contribution in [2.45, 2.75) is 32.2 Å². The van der Waals surface area contributed by atoms with Crippen molar-refractivity contribution in [1.82, 2.24) is 10.2 Å². The highest BCUT2D eigenvalue weighted by Gasteiger charge is 2.20. The number of benzene rings is 1. The van der Waals surface area contributed by atoms with E-state index in [2.05, 4.69) is 55.4 Å². The van der Waals surface area contributed by atoms with Crippen LogP contribution >= 0.6 is 0 Å². The number of hydrogen-bond acceptors (Lipinski definition) is 2. The number of rotatable bonds is 5. The monoisotopic (exact) mass is 232 g/mol. The van der Waals surface area contributed by atoms with E-state index in [-0.39, 0.29) is 0 Å². The van der Waals surface area contributed by atoms with Gasteiger partial charge >= 0.3 is 0 Å². The van der Waals surface area contributed by atoms with Gasteiger partial charge in [-0.2, -0.15) is 0 Å². The fraction of sp³-hybridized carbons (Fsp3) is 0.600. The lowest BCUT2D eigenvalue weighted by atomic mass is 10.0. The van der Waals surface area contributed by atoms with Gasteiger partial charge in [-0.05, 0) is 30.5 Å². The van der Waals surface area contributed by atoms with Gasteiger partial charge in [0.05, 0.1) is 0 Å². The summed E-state index contributed by atoms with van der Waals surface area (Å²) in [6.07, 6.45) is 1.16. The maximum atomic E-state index is 3.32. The van der Waals surface area contributed by atoms with Crippen molar-refractivity contribution in [3.05, 3.63) is 35.4 Å². The third-order valence-electron chi connectivity index (χ3n) is 3.78. The molecular weight excluding hydrogens is 208 g/mol. The van der Waals surface area contributed by atoms with E-state index in [0.29, 0.717) is 5.92 Å². The first-order valence-corrected chi connectivity index (χ1v) is 6.66. The first-order chi connectivity index (χ1) is 8.16. The van der Waals surface area contributed by atoms with Gasteiger partial charge in [0.25, 0.3) is 0 Å². The Labute approximate surface area is 105 Å². The molecule has 1 aliphatic rings. The first kappa shape index (κ1) is 12.6. The molecule has 0 radical (unpaired) electrons. The summed E-state index contributed by atoms with van der Waals surface area (Å²) in [7, 11) is 2.23. The van der Waals surface area contributed by atoms with Crippen LogP contribution in [0.15, 0.2) is 24.3 Å². The Morgan fingerprint density at radius 1 is 1.24 bits per heavy atom. The van der Waals surface area contributed by atoms with E-state index in [4.69, 9.17) is 0 Å². The van der Waals surface area contributed by atoms with E-state index in [1.165, 1.54) is 11.1 Å². The van der Waals surface area contributed by atoms with Crippen LogP contribution in [0.3, 0.4) is 0 Å². The zero-order valence-electron chi connectivity index (χ0n) is 11.2. The molecule has 0 aromatic heterocycles. The molecule has 0 atom stereocenters. The van der Waals surface area contributed by atoms with Crippen LogP contribution in [-0.2, 0) is 6.42 Å². The Morgan fingerprint density at radius 3 is 2.35 bits per heavy atom. The van der Waals surface area contributed by atoms with E-state index in [0.717, 1.165) is 32.1 Å². The van der Waals surface area contributed by atoms with Crippen LogP contribution in [0.2, 0.25) is 0 Å². The minimum atomic E-state index is 0.632. The molecule has 1 heterocycles. The van der Waals surface area contributed by atoms with E-state index in [1.54, 1.807) is 0 Å². The highest BCUT2D eigenvalue weighted by Crippen LogP contribution is 2.15. The van der Waals surface area contributed by atoms with Crippen LogP contribution in [0.25, 0.3) is 0 Å². The van der Waals surface area contributed by atoms with Crippen LogP contribution in [0, 0.1) is 0 Å². The second-order valence-corrected chi connectivity index (χ2v) is 5.44. The van der Waals surface area contributed by atoms with Gasteiger partial charge in [-0.25, -0.2) is 0 Å². The molecule has 0 amide bonds. The molecule has 0 spiro atoms. The average Bonchev–Trinajstić information content (AvgIpc) is 2.24. The molecule has 2 rings (SSSR count). The van der Waals surface area contributed by atoms with Crippen LogP contribution in [0.1, 0.15) is 30.9 Å². The minimum absolute atomic E-state index is 0.632. The quantitative estimate of drug-likeness (QED) is 0.837. The summed E-state index contributed by atoms with van der Waals surface area (Å²) in [4.78, 5) is 2.47. The largest absolute Gasteiger partial charge is 0.314 e. The van der Waals surface area contributed by atoms with Gasteiger partial charge in [0.15, 0.2) is 0 Å². The number of likely N-dealkylation sites (N-methyl/N-ethyl adjacent to an activating group) is 1. The Hall–Kier alpha value is -0.860. The zero-order valence-corrected chi connectivity index (χ0v) is 11.2. The number of nitrogens with one attached hydrogen (secondary N) is 1. The molecule has 1 aliphatic heterocycles. The number of nitrogens with zero attached hydrogens (tertiary/aromatic N) is 1. The summed E-state index contributed by atoms with van der Waals surface area (Å²) in [6, 6.07) is 9.85. The maximum Gasteiger partial charge on any atom is 0.0342 e. The molecule has 0 aliphatic carbocycles. The second kappa shape index (κ2) is 5.65. The van der Waals surface area contributed by atoms with Gasteiger partial charge in [-0.1, -0.05) is 38.1 Å². The minimum Gasteiger partial charge on any atom is -0.314 e. The highest BCUT2D eigenvalue weighted by atomic mass is 15.2. The molecule has 17 heavy (non-hydrogen) atoms. The predicted molar refractivity (Wildman–Crippen MR) is 73.5 cm³/mol. The van der Waals surface area contributed by atoms with E-state index in [9.17, 15) is 0 Å². The normalized spacial score (nSPS) is 16.5. The fourth-order valence-electron chi connectivity index (χ4n) is 2.14. The molecule has 1 N–H and O–H groups in total. The summed E-state index contributed by atoms with van der Waals surface area (Å²) in [5.41, 5.74) is 2.89. The van der Waals surface area contributed by atoms with Crippen molar-refractivity contribution in [2.75, 3.05) is 26.7 Å². The van der Waals surface area contributed by atoms with E-state index < -0.39 is 0 Å². The molecule has 1 saturated heterocycles. The third-order valence-corrected chi connectivity index (χ3v) is 3.78. The van der Waals surface area contributed by atoms with Crippen molar-refractivity contribution in [1.29, 1.82) is 0 Å². The standard InChI is InChI=1S/C15H24N2/c1-12(2)14-6-4-13(5-7-14)8-9-17(3)15-10-16-11-15/h4-7,12,15-16H,8-11H2,1-3H3. The Morgan fingerprint density at radius 2 is 1.88 bits per heavy atom. The van der Waals surface area contributed by atoms with Crippen molar-refractivity contribution >= 4 is 0 Å². The molecule has 0 unspecified atom stereocenters. The van der Waals surface area contributed by atoms with Crippen LogP contribution in [-0.4, -0.2) is 37.6 Å². The average molecular weight is 232 g/mol. The van der Waals surface area contributed by atoms with Crippen LogP contribution in [0.5, 0.6) is 0 Å². The lowest BCUT2D eigenvalue weighted by Gasteiger charge is -2.35. The van der Waals surface area contributed by atoms with Gasteiger partial charge in [0, 0.05) is 25.7 Å². The molecule has 2 nitrogen and oxygen atoms in total. The SMILES string of the molecule is CC(C)c1ccc(CCN(C)C2CNC2)cc1. The van der Waals surface area contributed by atoms with Gasteiger partial charge in [-0.15, -0.1) is 0 Å². The Kier molecular flexibility index (Phi) is 4.19. The first-order valence-electron chi connectivity index (χ1n) is 6.66. The van der Waals surface area contributed by atoms with Gasteiger partial charge in [0.1, 0.15) is 0 Å². The summed E-state index contributed by atoms with van der Waals surface area (Å²) in [5, 5.41) is 3.32. The summed E-state index contributed by atoms with van der Waals surface area (Å²) in [6.45, 7) is 7.96. The fourth-order valence-corrected chi connectivity index (χ4v) is 2.14. The van der Waals surface area contributed by atoms with Gasteiger partial charge < -0.3 is 10.2 Å². The van der Waals surface area contributed by atoms with Crippen LogP contribution in [0.4, 0.5) is 0 Å². The molecule has 2 heteroatoms. The molecule has 0 bridgehead atoms. The summed E-state index contributed by atoms with van der Waals surface area (Å²) in [5.74, 6) is 0.632.